The van der Waals surface area contributed by atoms with Crippen molar-refractivity contribution in [2.24, 2.45) is 0 Å². The van der Waals surface area contributed by atoms with Crippen LogP contribution < -0.4 is 11.2 Å². The number of rotatable bonds is 1. The van der Waals surface area contributed by atoms with Crippen LogP contribution in [0.15, 0.2) is 21.9 Å². The molecule has 2 aromatic heterocycles. The second-order valence-electron chi connectivity index (χ2n) is 3.30. The van der Waals surface area contributed by atoms with E-state index in [9.17, 15) is 9.59 Å². The third-order valence-corrected chi connectivity index (χ3v) is 2.40. The van der Waals surface area contributed by atoms with Crippen molar-refractivity contribution in [1.29, 1.82) is 0 Å². The van der Waals surface area contributed by atoms with Gasteiger partial charge in [-0.2, -0.15) is 0 Å². The van der Waals surface area contributed by atoms with E-state index in [4.69, 9.17) is 0 Å². The molecule has 5 heteroatoms. The first-order valence-electron chi connectivity index (χ1n) is 4.73. The average molecular weight is 205 g/mol. The molecule has 0 radical (unpaired) electrons. The van der Waals surface area contributed by atoms with Gasteiger partial charge >= 0.3 is 5.69 Å². The predicted octanol–water partition coefficient (Wildman–Crippen LogP) is 0.413. The van der Waals surface area contributed by atoms with Crippen molar-refractivity contribution in [2.45, 2.75) is 20.4 Å². The van der Waals surface area contributed by atoms with Crippen molar-refractivity contribution < 1.29 is 0 Å². The fourth-order valence-corrected chi connectivity index (χ4v) is 1.64. The molecule has 0 spiro atoms. The molecule has 2 aromatic rings. The molecular formula is C10H11N3O2. The SMILES string of the molecule is CCn1c(=O)[nH]c2ccnc(C)c2c1=O. The fourth-order valence-electron chi connectivity index (χ4n) is 1.64. The average Bonchev–Trinajstić information content (AvgIpc) is 2.17. The van der Waals surface area contributed by atoms with E-state index in [2.05, 4.69) is 9.97 Å². The highest BCUT2D eigenvalue weighted by molar-refractivity contribution is 5.79. The van der Waals surface area contributed by atoms with Crippen molar-refractivity contribution in [3.05, 3.63) is 38.8 Å². The first-order chi connectivity index (χ1) is 7.15. The Hall–Kier alpha value is -1.91. The lowest BCUT2D eigenvalue weighted by Crippen LogP contribution is -2.34. The van der Waals surface area contributed by atoms with Crippen LogP contribution in [0.4, 0.5) is 0 Å². The van der Waals surface area contributed by atoms with E-state index in [1.165, 1.54) is 0 Å². The maximum absolute atomic E-state index is 11.9. The molecule has 0 saturated carbocycles. The number of H-pyrrole nitrogens is 1. The van der Waals surface area contributed by atoms with Crippen molar-refractivity contribution in [3.63, 3.8) is 0 Å². The number of pyridine rings is 1. The molecule has 78 valence electrons. The summed E-state index contributed by atoms with van der Waals surface area (Å²) in [5.74, 6) is 0. The number of hydrogen-bond acceptors (Lipinski definition) is 3. The van der Waals surface area contributed by atoms with Gasteiger partial charge in [0, 0.05) is 12.7 Å². The van der Waals surface area contributed by atoms with E-state index >= 15 is 0 Å². The van der Waals surface area contributed by atoms with E-state index in [0.29, 0.717) is 23.1 Å². The zero-order valence-electron chi connectivity index (χ0n) is 8.57. The van der Waals surface area contributed by atoms with Crippen LogP contribution in [-0.2, 0) is 6.54 Å². The molecule has 0 aliphatic rings. The van der Waals surface area contributed by atoms with Crippen LogP contribution in [0.3, 0.4) is 0 Å². The minimum atomic E-state index is -0.374. The molecule has 0 fully saturated rings. The Kier molecular flexibility index (Phi) is 2.15. The molecule has 0 bridgehead atoms. The lowest BCUT2D eigenvalue weighted by atomic mass is 10.2. The van der Waals surface area contributed by atoms with E-state index in [-0.39, 0.29) is 11.2 Å². The molecule has 2 rings (SSSR count). The predicted molar refractivity (Wildman–Crippen MR) is 57.0 cm³/mol. The van der Waals surface area contributed by atoms with Crippen LogP contribution in [0.1, 0.15) is 12.6 Å². The van der Waals surface area contributed by atoms with Gasteiger partial charge in [-0.25, -0.2) is 4.79 Å². The highest BCUT2D eigenvalue weighted by Crippen LogP contribution is 2.06. The van der Waals surface area contributed by atoms with Crippen molar-refractivity contribution in [1.82, 2.24) is 14.5 Å². The van der Waals surface area contributed by atoms with Gasteiger partial charge in [0.1, 0.15) is 0 Å². The Balaban J connectivity index is 3.06. The molecular weight excluding hydrogens is 194 g/mol. The van der Waals surface area contributed by atoms with Crippen LogP contribution in [0.5, 0.6) is 0 Å². The smallest absolute Gasteiger partial charge is 0.307 e. The van der Waals surface area contributed by atoms with Gasteiger partial charge in [0.05, 0.1) is 16.6 Å². The molecule has 0 saturated heterocycles. The highest BCUT2D eigenvalue weighted by atomic mass is 16.2. The minimum absolute atomic E-state index is 0.276. The molecule has 0 atom stereocenters. The third-order valence-electron chi connectivity index (χ3n) is 2.40. The van der Waals surface area contributed by atoms with Crippen LogP contribution in [0.25, 0.3) is 10.9 Å². The molecule has 0 aromatic carbocycles. The zero-order chi connectivity index (χ0) is 11.0. The standard InChI is InChI=1S/C10H11N3O2/c1-3-13-9(14)8-6(2)11-5-4-7(8)12-10(13)15/h4-5H,3H2,1-2H3,(H,12,15). The lowest BCUT2D eigenvalue weighted by Gasteiger charge is -2.04. The Bertz CT molecular complexity index is 625. The van der Waals surface area contributed by atoms with Crippen molar-refractivity contribution >= 4 is 10.9 Å². The Morgan fingerprint density at radius 3 is 2.87 bits per heavy atom. The van der Waals surface area contributed by atoms with E-state index in [0.717, 1.165) is 4.57 Å². The summed E-state index contributed by atoms with van der Waals surface area (Å²) in [7, 11) is 0. The zero-order valence-corrected chi connectivity index (χ0v) is 8.57. The Morgan fingerprint density at radius 1 is 1.47 bits per heavy atom. The summed E-state index contributed by atoms with van der Waals surface area (Å²) in [5.41, 5.74) is 0.528. The number of aryl methyl sites for hydroxylation is 1. The highest BCUT2D eigenvalue weighted by Gasteiger charge is 2.08. The summed E-state index contributed by atoms with van der Waals surface area (Å²) < 4.78 is 1.16. The molecule has 15 heavy (non-hydrogen) atoms. The Morgan fingerprint density at radius 2 is 2.20 bits per heavy atom. The maximum Gasteiger partial charge on any atom is 0.328 e. The number of hydrogen-bond donors (Lipinski definition) is 1. The van der Waals surface area contributed by atoms with Crippen molar-refractivity contribution in [3.8, 4) is 0 Å². The fraction of sp³-hybridized carbons (Fsp3) is 0.300. The summed E-state index contributed by atoms with van der Waals surface area (Å²) in [6.07, 6.45) is 1.57. The molecule has 0 aliphatic carbocycles. The molecule has 5 nitrogen and oxygen atoms in total. The summed E-state index contributed by atoms with van der Waals surface area (Å²) >= 11 is 0. The van der Waals surface area contributed by atoms with Gasteiger partial charge in [0.2, 0.25) is 0 Å². The summed E-state index contributed by atoms with van der Waals surface area (Å²) in [5, 5.41) is 0.485. The summed E-state index contributed by atoms with van der Waals surface area (Å²) in [6, 6.07) is 1.63. The van der Waals surface area contributed by atoms with E-state index in [1.807, 2.05) is 0 Å². The van der Waals surface area contributed by atoms with Crippen LogP contribution in [0, 0.1) is 6.92 Å². The topological polar surface area (TPSA) is 67.8 Å². The van der Waals surface area contributed by atoms with Crippen LogP contribution in [-0.4, -0.2) is 14.5 Å². The molecule has 0 unspecified atom stereocenters. The van der Waals surface area contributed by atoms with Gasteiger partial charge in [-0.1, -0.05) is 0 Å². The Labute approximate surface area is 85.4 Å². The largest absolute Gasteiger partial charge is 0.328 e. The quantitative estimate of drug-likeness (QED) is 0.733. The van der Waals surface area contributed by atoms with Crippen molar-refractivity contribution in [2.75, 3.05) is 0 Å². The minimum Gasteiger partial charge on any atom is -0.307 e. The molecule has 2 heterocycles. The van der Waals surface area contributed by atoms with Gasteiger partial charge in [0.15, 0.2) is 0 Å². The summed E-state index contributed by atoms with van der Waals surface area (Å²) in [6.45, 7) is 3.87. The number of nitrogens with zero attached hydrogens (tertiary/aromatic N) is 2. The first-order valence-corrected chi connectivity index (χ1v) is 4.73. The van der Waals surface area contributed by atoms with Gasteiger partial charge < -0.3 is 4.98 Å². The second kappa shape index (κ2) is 3.34. The third kappa shape index (κ3) is 1.36. The van der Waals surface area contributed by atoms with Crippen LogP contribution >= 0.6 is 0 Å². The van der Waals surface area contributed by atoms with Gasteiger partial charge in [-0.3, -0.25) is 14.3 Å². The maximum atomic E-state index is 11.9. The number of aromatic nitrogens is 3. The number of nitrogens with one attached hydrogen (secondary N) is 1. The number of aromatic amines is 1. The van der Waals surface area contributed by atoms with E-state index in [1.54, 1.807) is 26.1 Å². The molecule has 0 aliphatic heterocycles. The van der Waals surface area contributed by atoms with E-state index < -0.39 is 0 Å². The lowest BCUT2D eigenvalue weighted by molar-refractivity contribution is 0.683. The number of fused-ring (bicyclic) bond motifs is 1. The summed E-state index contributed by atoms with van der Waals surface area (Å²) in [4.78, 5) is 30.1. The molecule has 1 N–H and O–H groups in total. The van der Waals surface area contributed by atoms with Gasteiger partial charge in [-0.15, -0.1) is 0 Å². The normalized spacial score (nSPS) is 10.8. The first kappa shape index (κ1) is 9.64. The molecule has 0 amide bonds. The van der Waals surface area contributed by atoms with Gasteiger partial charge in [-0.05, 0) is 19.9 Å². The van der Waals surface area contributed by atoms with Crippen LogP contribution in [0.2, 0.25) is 0 Å². The second-order valence-corrected chi connectivity index (χ2v) is 3.30. The monoisotopic (exact) mass is 205 g/mol. The van der Waals surface area contributed by atoms with Gasteiger partial charge in [0.25, 0.3) is 5.56 Å².